The van der Waals surface area contributed by atoms with Crippen LogP contribution in [0.5, 0.6) is 0 Å². The van der Waals surface area contributed by atoms with E-state index in [1.54, 1.807) is 12.2 Å². The predicted octanol–water partition coefficient (Wildman–Crippen LogP) is 2.89. The Labute approximate surface area is 90.3 Å². The molecule has 0 atom stereocenters. The van der Waals surface area contributed by atoms with Crippen LogP contribution in [0.4, 0.5) is 5.69 Å². The maximum atomic E-state index is 10.6. The lowest BCUT2D eigenvalue weighted by Crippen LogP contribution is -1.86. The topological polar surface area (TPSA) is 29.1 Å². The molecule has 0 unspecified atom stereocenters. The summed E-state index contributed by atoms with van der Waals surface area (Å²) in [6.45, 7) is 1.53. The number of ketones is 1. The van der Waals surface area contributed by atoms with Gasteiger partial charge in [-0.1, -0.05) is 30.4 Å². The molecule has 0 radical (unpaired) electrons. The average molecular weight is 201 g/mol. The lowest BCUT2D eigenvalue weighted by molar-refractivity contribution is -0.112. The number of rotatable bonds is 4. The molecule has 0 saturated heterocycles. The summed E-state index contributed by atoms with van der Waals surface area (Å²) in [4.78, 5) is 10.6. The monoisotopic (exact) mass is 201 g/mol. The number of nitrogens with one attached hydrogen (secondary N) is 1. The molecule has 0 aromatic heterocycles. The van der Waals surface area contributed by atoms with Crippen LogP contribution in [-0.2, 0) is 4.79 Å². The second-order valence-electron chi connectivity index (χ2n) is 3.20. The van der Waals surface area contributed by atoms with E-state index in [1.807, 2.05) is 43.5 Å². The molecule has 15 heavy (non-hydrogen) atoms. The fourth-order valence-corrected chi connectivity index (χ4v) is 1.12. The van der Waals surface area contributed by atoms with Gasteiger partial charge >= 0.3 is 0 Å². The van der Waals surface area contributed by atoms with Crippen molar-refractivity contribution in [3.05, 3.63) is 48.1 Å². The number of anilines is 1. The minimum Gasteiger partial charge on any atom is -0.388 e. The molecule has 78 valence electrons. The van der Waals surface area contributed by atoms with E-state index < -0.39 is 0 Å². The van der Waals surface area contributed by atoms with Crippen molar-refractivity contribution in [3.8, 4) is 0 Å². The van der Waals surface area contributed by atoms with Crippen LogP contribution in [0, 0.1) is 0 Å². The van der Waals surface area contributed by atoms with Crippen LogP contribution < -0.4 is 5.32 Å². The number of hydrogen-bond donors (Lipinski definition) is 1. The summed E-state index contributed by atoms with van der Waals surface area (Å²) in [5, 5.41) is 3.05. The van der Waals surface area contributed by atoms with Crippen molar-refractivity contribution in [1.29, 1.82) is 0 Å². The molecule has 0 spiro atoms. The third kappa shape index (κ3) is 4.27. The Morgan fingerprint density at radius 1 is 1.20 bits per heavy atom. The molecule has 0 aliphatic heterocycles. The van der Waals surface area contributed by atoms with Crippen LogP contribution in [0.2, 0.25) is 0 Å². The van der Waals surface area contributed by atoms with Gasteiger partial charge < -0.3 is 5.32 Å². The number of benzene rings is 1. The highest BCUT2D eigenvalue weighted by atomic mass is 16.1. The van der Waals surface area contributed by atoms with E-state index in [-0.39, 0.29) is 5.78 Å². The van der Waals surface area contributed by atoms with Gasteiger partial charge in [-0.2, -0.15) is 0 Å². The van der Waals surface area contributed by atoms with E-state index in [0.717, 1.165) is 11.3 Å². The van der Waals surface area contributed by atoms with Crippen molar-refractivity contribution in [1.82, 2.24) is 0 Å². The lowest BCUT2D eigenvalue weighted by atomic mass is 10.2. The maximum absolute atomic E-state index is 10.6. The molecule has 1 N–H and O–H groups in total. The fourth-order valence-electron chi connectivity index (χ4n) is 1.12. The molecule has 0 bridgehead atoms. The zero-order chi connectivity index (χ0) is 11.1. The number of hydrogen-bond acceptors (Lipinski definition) is 2. The molecule has 0 saturated carbocycles. The highest BCUT2D eigenvalue weighted by Crippen LogP contribution is 2.09. The zero-order valence-electron chi connectivity index (χ0n) is 9.03. The summed E-state index contributed by atoms with van der Waals surface area (Å²) in [6.07, 6.45) is 7.10. The summed E-state index contributed by atoms with van der Waals surface area (Å²) in [5.74, 6) is 0.0604. The zero-order valence-corrected chi connectivity index (χ0v) is 9.03. The minimum atomic E-state index is 0.0604. The van der Waals surface area contributed by atoms with Gasteiger partial charge in [-0.15, -0.1) is 0 Å². The smallest absolute Gasteiger partial charge is 0.152 e. The van der Waals surface area contributed by atoms with Gasteiger partial charge in [0.25, 0.3) is 0 Å². The van der Waals surface area contributed by atoms with E-state index >= 15 is 0 Å². The molecular formula is C13H15NO. The fraction of sp³-hybridized carbons (Fsp3) is 0.154. The number of allylic oxidation sites excluding steroid dienone is 3. The molecule has 1 aromatic carbocycles. The maximum Gasteiger partial charge on any atom is 0.152 e. The van der Waals surface area contributed by atoms with Gasteiger partial charge in [0, 0.05) is 12.7 Å². The second kappa shape index (κ2) is 5.81. The van der Waals surface area contributed by atoms with Gasteiger partial charge in [-0.25, -0.2) is 0 Å². The highest BCUT2D eigenvalue weighted by Gasteiger charge is 1.87. The third-order valence-electron chi connectivity index (χ3n) is 1.93. The largest absolute Gasteiger partial charge is 0.388 e. The first-order valence-corrected chi connectivity index (χ1v) is 4.85. The van der Waals surface area contributed by atoms with Crippen molar-refractivity contribution in [2.24, 2.45) is 0 Å². The summed E-state index contributed by atoms with van der Waals surface area (Å²) < 4.78 is 0. The Balaban J connectivity index is 2.61. The molecule has 0 amide bonds. The van der Waals surface area contributed by atoms with Crippen molar-refractivity contribution in [3.63, 3.8) is 0 Å². The van der Waals surface area contributed by atoms with Crippen LogP contribution in [0.1, 0.15) is 12.5 Å². The summed E-state index contributed by atoms with van der Waals surface area (Å²) in [5.41, 5.74) is 2.20. The first-order chi connectivity index (χ1) is 7.22. The quantitative estimate of drug-likeness (QED) is 0.599. The van der Waals surface area contributed by atoms with E-state index in [1.165, 1.54) is 6.92 Å². The van der Waals surface area contributed by atoms with Crippen LogP contribution in [0.15, 0.2) is 42.5 Å². The van der Waals surface area contributed by atoms with Crippen LogP contribution in [0.3, 0.4) is 0 Å². The summed E-state index contributed by atoms with van der Waals surface area (Å²) in [6, 6.07) is 8.05. The molecule has 2 nitrogen and oxygen atoms in total. The van der Waals surface area contributed by atoms with E-state index in [2.05, 4.69) is 5.32 Å². The standard InChI is InChI=1S/C13H15NO/c1-11(15)5-3-4-6-12-7-9-13(14-2)10-8-12/h3-10,14H,1-2H3. The Morgan fingerprint density at radius 2 is 1.87 bits per heavy atom. The SMILES string of the molecule is CNc1ccc(C=CC=CC(C)=O)cc1. The predicted molar refractivity (Wildman–Crippen MR) is 64.8 cm³/mol. The third-order valence-corrected chi connectivity index (χ3v) is 1.93. The van der Waals surface area contributed by atoms with Crippen molar-refractivity contribution < 1.29 is 4.79 Å². The first kappa shape index (κ1) is 11.2. The van der Waals surface area contributed by atoms with Gasteiger partial charge in [0.1, 0.15) is 0 Å². The van der Waals surface area contributed by atoms with E-state index in [4.69, 9.17) is 0 Å². The highest BCUT2D eigenvalue weighted by molar-refractivity contribution is 5.87. The van der Waals surface area contributed by atoms with Crippen molar-refractivity contribution >= 4 is 17.5 Å². The summed E-state index contributed by atoms with van der Waals surface area (Å²) >= 11 is 0. The first-order valence-electron chi connectivity index (χ1n) is 4.85. The molecule has 0 heterocycles. The van der Waals surface area contributed by atoms with Crippen molar-refractivity contribution in [2.75, 3.05) is 12.4 Å². The van der Waals surface area contributed by atoms with Crippen LogP contribution >= 0.6 is 0 Å². The van der Waals surface area contributed by atoms with Crippen LogP contribution in [0.25, 0.3) is 6.08 Å². The molecular weight excluding hydrogens is 186 g/mol. The van der Waals surface area contributed by atoms with Gasteiger partial charge in [-0.3, -0.25) is 4.79 Å². The van der Waals surface area contributed by atoms with E-state index in [9.17, 15) is 4.79 Å². The Bertz CT molecular complexity index is 374. The molecule has 2 heteroatoms. The van der Waals surface area contributed by atoms with E-state index in [0.29, 0.717) is 0 Å². The van der Waals surface area contributed by atoms with Crippen LogP contribution in [-0.4, -0.2) is 12.8 Å². The number of carbonyl (C=O) groups is 1. The molecule has 0 aliphatic carbocycles. The van der Waals surface area contributed by atoms with Crippen molar-refractivity contribution in [2.45, 2.75) is 6.92 Å². The normalized spacial score (nSPS) is 11.1. The molecule has 0 aliphatic rings. The number of carbonyl (C=O) groups excluding carboxylic acids is 1. The molecule has 1 aromatic rings. The minimum absolute atomic E-state index is 0.0604. The lowest BCUT2D eigenvalue weighted by Gasteiger charge is -1.98. The van der Waals surface area contributed by atoms with Gasteiger partial charge in [0.05, 0.1) is 0 Å². The average Bonchev–Trinajstić information content (AvgIpc) is 2.25. The molecule has 0 fully saturated rings. The van der Waals surface area contributed by atoms with Gasteiger partial charge in [-0.05, 0) is 30.7 Å². The Morgan fingerprint density at radius 3 is 2.40 bits per heavy atom. The van der Waals surface area contributed by atoms with Gasteiger partial charge in [0.15, 0.2) is 5.78 Å². The second-order valence-corrected chi connectivity index (χ2v) is 3.20. The van der Waals surface area contributed by atoms with Gasteiger partial charge in [0.2, 0.25) is 0 Å². The summed E-state index contributed by atoms with van der Waals surface area (Å²) in [7, 11) is 1.89. The Hall–Kier alpha value is -1.83. The molecule has 1 rings (SSSR count). The Kier molecular flexibility index (Phi) is 4.35.